The van der Waals surface area contributed by atoms with Gasteiger partial charge in [-0.1, -0.05) is 0 Å². The quantitative estimate of drug-likeness (QED) is 0.592. The second kappa shape index (κ2) is 3.60. The number of nitrogens with zero attached hydrogens (tertiary/aromatic N) is 2. The predicted molar refractivity (Wildman–Crippen MR) is 57.0 cm³/mol. The number of allylic oxidation sites excluding steroid dienone is 3. The van der Waals surface area contributed by atoms with E-state index in [1.165, 1.54) is 11.4 Å². The lowest BCUT2D eigenvalue weighted by molar-refractivity contribution is 0.496. The van der Waals surface area contributed by atoms with E-state index >= 15 is 0 Å². The summed E-state index contributed by atoms with van der Waals surface area (Å²) in [6.07, 6.45) is 6.30. The fraction of sp³-hybridized carbons (Fsp3) is 0.364. The van der Waals surface area contributed by atoms with Gasteiger partial charge in [-0.3, -0.25) is 0 Å². The normalized spacial score (nSPS) is 15.8. The summed E-state index contributed by atoms with van der Waals surface area (Å²) in [5.41, 5.74) is 3.43. The zero-order chi connectivity index (χ0) is 10.0. The second-order valence-electron chi connectivity index (χ2n) is 3.65. The van der Waals surface area contributed by atoms with Gasteiger partial charge >= 0.3 is 0 Å². The number of hydrogen-bond acceptors (Lipinski definition) is 2. The van der Waals surface area contributed by atoms with Crippen molar-refractivity contribution in [2.75, 3.05) is 28.2 Å². The van der Waals surface area contributed by atoms with Crippen LogP contribution in [-0.2, 0) is 0 Å². The maximum Gasteiger partial charge on any atom is 0.124 e. The summed E-state index contributed by atoms with van der Waals surface area (Å²) in [7, 11) is 8.14. The Bertz CT molecular complexity index is 270. The van der Waals surface area contributed by atoms with Gasteiger partial charge in [0, 0.05) is 28.2 Å². The fourth-order valence-electron chi connectivity index (χ4n) is 1.17. The Morgan fingerprint density at radius 3 is 2.15 bits per heavy atom. The second-order valence-corrected chi connectivity index (χ2v) is 3.65. The van der Waals surface area contributed by atoms with Crippen LogP contribution in [0, 0.1) is 6.42 Å². The molecule has 0 bridgehead atoms. The van der Waals surface area contributed by atoms with Crippen LogP contribution >= 0.6 is 0 Å². The SMILES string of the molecule is C=C1C=C(N(C)C)C=C(N(C)C)[CH+]1. The van der Waals surface area contributed by atoms with Gasteiger partial charge in [-0.15, -0.1) is 0 Å². The highest BCUT2D eigenvalue weighted by Gasteiger charge is 2.17. The number of likely N-dealkylation sites (N-methyl/N-ethyl adjacent to an activating group) is 1. The van der Waals surface area contributed by atoms with Crippen molar-refractivity contribution in [3.8, 4) is 0 Å². The highest BCUT2D eigenvalue weighted by Crippen LogP contribution is 2.21. The third-order valence-electron chi connectivity index (χ3n) is 2.00. The molecule has 2 nitrogen and oxygen atoms in total. The van der Waals surface area contributed by atoms with Crippen molar-refractivity contribution < 1.29 is 0 Å². The van der Waals surface area contributed by atoms with Crippen molar-refractivity contribution in [3.05, 3.63) is 42.1 Å². The minimum Gasteiger partial charge on any atom is -0.362 e. The van der Waals surface area contributed by atoms with Crippen molar-refractivity contribution in [2.24, 2.45) is 0 Å². The Kier molecular flexibility index (Phi) is 2.71. The maximum absolute atomic E-state index is 3.95. The van der Waals surface area contributed by atoms with Gasteiger partial charge in [-0.25, -0.2) is 0 Å². The van der Waals surface area contributed by atoms with E-state index in [0.717, 1.165) is 5.57 Å². The van der Waals surface area contributed by atoms with Crippen molar-refractivity contribution in [3.63, 3.8) is 0 Å². The van der Waals surface area contributed by atoms with Gasteiger partial charge < -0.3 is 9.80 Å². The summed E-state index contributed by atoms with van der Waals surface area (Å²) < 4.78 is 0. The first-order valence-corrected chi connectivity index (χ1v) is 4.32. The third-order valence-corrected chi connectivity index (χ3v) is 2.00. The molecule has 0 spiro atoms. The average Bonchev–Trinajstić information content (AvgIpc) is 2.03. The van der Waals surface area contributed by atoms with Gasteiger partial charge in [0.1, 0.15) is 11.4 Å². The van der Waals surface area contributed by atoms with Crippen LogP contribution in [0.3, 0.4) is 0 Å². The highest BCUT2D eigenvalue weighted by atomic mass is 15.1. The summed E-state index contributed by atoms with van der Waals surface area (Å²) in [6.45, 7) is 3.95. The molecule has 0 unspecified atom stereocenters. The lowest BCUT2D eigenvalue weighted by Gasteiger charge is -2.19. The summed E-state index contributed by atoms with van der Waals surface area (Å²) in [5, 5.41) is 0. The third kappa shape index (κ3) is 2.31. The monoisotopic (exact) mass is 177 g/mol. The van der Waals surface area contributed by atoms with E-state index in [-0.39, 0.29) is 0 Å². The van der Waals surface area contributed by atoms with E-state index in [2.05, 4.69) is 35.0 Å². The van der Waals surface area contributed by atoms with Gasteiger partial charge in [0.2, 0.25) is 0 Å². The van der Waals surface area contributed by atoms with Crippen molar-refractivity contribution in [1.82, 2.24) is 9.80 Å². The Morgan fingerprint density at radius 1 is 1.08 bits per heavy atom. The fourth-order valence-corrected chi connectivity index (χ4v) is 1.17. The lowest BCUT2D eigenvalue weighted by atomic mass is 10.0. The van der Waals surface area contributed by atoms with Crippen molar-refractivity contribution >= 4 is 0 Å². The van der Waals surface area contributed by atoms with E-state index in [1.54, 1.807) is 0 Å². The molecule has 1 aliphatic carbocycles. The molecule has 0 aromatic rings. The largest absolute Gasteiger partial charge is 0.362 e. The first-order chi connectivity index (χ1) is 6.00. The van der Waals surface area contributed by atoms with E-state index in [1.807, 2.05) is 28.2 Å². The molecule has 1 rings (SSSR count). The highest BCUT2D eigenvalue weighted by molar-refractivity contribution is 5.45. The van der Waals surface area contributed by atoms with Crippen LogP contribution in [0.15, 0.2) is 35.7 Å². The van der Waals surface area contributed by atoms with Gasteiger partial charge in [0.15, 0.2) is 0 Å². The van der Waals surface area contributed by atoms with E-state index in [9.17, 15) is 0 Å². The van der Waals surface area contributed by atoms with E-state index in [4.69, 9.17) is 0 Å². The summed E-state index contributed by atoms with van der Waals surface area (Å²) in [5.74, 6) is 0. The summed E-state index contributed by atoms with van der Waals surface area (Å²) in [6, 6.07) is 0. The molecule has 0 atom stereocenters. The van der Waals surface area contributed by atoms with Crippen molar-refractivity contribution in [1.29, 1.82) is 0 Å². The van der Waals surface area contributed by atoms with E-state index < -0.39 is 0 Å². The standard InChI is InChI=1S/C11H17N2/c1-9-6-10(12(2)3)8-11(7-9)13(4)5/h6-8H,1H2,2-5H3/q+1. The molecular weight excluding hydrogens is 160 g/mol. The lowest BCUT2D eigenvalue weighted by Crippen LogP contribution is -2.18. The zero-order valence-electron chi connectivity index (χ0n) is 8.83. The Labute approximate surface area is 80.8 Å². The molecule has 0 aliphatic heterocycles. The summed E-state index contributed by atoms with van der Waals surface area (Å²) >= 11 is 0. The minimum atomic E-state index is 1.05. The molecule has 1 aliphatic rings. The average molecular weight is 177 g/mol. The Hall–Kier alpha value is -1.31. The van der Waals surface area contributed by atoms with Gasteiger partial charge in [0.05, 0.1) is 24.1 Å². The molecule has 0 aromatic heterocycles. The van der Waals surface area contributed by atoms with Crippen LogP contribution in [0.4, 0.5) is 0 Å². The van der Waals surface area contributed by atoms with Crippen LogP contribution in [0.2, 0.25) is 0 Å². The molecular formula is C11H17N2+. The van der Waals surface area contributed by atoms with Crippen LogP contribution in [-0.4, -0.2) is 38.0 Å². The summed E-state index contributed by atoms with van der Waals surface area (Å²) in [4.78, 5) is 4.17. The molecule has 0 saturated carbocycles. The predicted octanol–water partition coefficient (Wildman–Crippen LogP) is 1.65. The number of rotatable bonds is 2. The Morgan fingerprint density at radius 2 is 1.69 bits per heavy atom. The molecule has 70 valence electrons. The molecule has 0 N–H and O–H groups in total. The van der Waals surface area contributed by atoms with Crippen LogP contribution in [0.5, 0.6) is 0 Å². The van der Waals surface area contributed by atoms with Gasteiger partial charge in [0.25, 0.3) is 0 Å². The zero-order valence-corrected chi connectivity index (χ0v) is 8.83. The molecule has 2 heteroatoms. The van der Waals surface area contributed by atoms with E-state index in [0.29, 0.717) is 0 Å². The maximum atomic E-state index is 3.95. The molecule has 0 heterocycles. The van der Waals surface area contributed by atoms with Gasteiger partial charge in [-0.2, -0.15) is 0 Å². The molecule has 0 amide bonds. The first-order valence-electron chi connectivity index (χ1n) is 4.32. The smallest absolute Gasteiger partial charge is 0.124 e. The number of hydrogen-bond donors (Lipinski definition) is 0. The minimum absolute atomic E-state index is 1.05. The topological polar surface area (TPSA) is 6.48 Å². The van der Waals surface area contributed by atoms with Crippen LogP contribution in [0.25, 0.3) is 0 Å². The van der Waals surface area contributed by atoms with Crippen LogP contribution in [0.1, 0.15) is 0 Å². The Balaban J connectivity index is 2.91. The first kappa shape index (κ1) is 9.78. The molecule has 0 radical (unpaired) electrons. The molecule has 0 aromatic carbocycles. The van der Waals surface area contributed by atoms with Crippen molar-refractivity contribution in [2.45, 2.75) is 0 Å². The van der Waals surface area contributed by atoms with Crippen LogP contribution < -0.4 is 0 Å². The molecule has 0 saturated heterocycles. The molecule has 13 heavy (non-hydrogen) atoms. The van der Waals surface area contributed by atoms with Gasteiger partial charge in [-0.05, 0) is 6.58 Å². The molecule has 0 fully saturated rings.